The van der Waals surface area contributed by atoms with Crippen molar-refractivity contribution in [2.24, 2.45) is 0 Å². The summed E-state index contributed by atoms with van der Waals surface area (Å²) in [6.45, 7) is 2.18. The van der Waals surface area contributed by atoms with Gasteiger partial charge in [-0.3, -0.25) is 0 Å². The second-order valence-electron chi connectivity index (χ2n) is 3.16. The van der Waals surface area contributed by atoms with Gasteiger partial charge in [0.15, 0.2) is 0 Å². The van der Waals surface area contributed by atoms with E-state index < -0.39 is 17.6 Å². The van der Waals surface area contributed by atoms with Crippen LogP contribution in [0, 0.1) is 0 Å². The monoisotopic (exact) mass is 372 g/mol. The fraction of sp³-hybridized carbons (Fsp3) is 0.556. The third kappa shape index (κ3) is 3.01. The predicted octanol–water partition coefficient (Wildman–Crippen LogP) is 4.58. The maximum absolute atomic E-state index is 6.41. The van der Waals surface area contributed by atoms with Crippen LogP contribution in [0.1, 0.15) is 19.8 Å². The van der Waals surface area contributed by atoms with Crippen LogP contribution in [-0.2, 0) is 17.6 Å². The van der Waals surface area contributed by atoms with Crippen molar-refractivity contribution in [1.82, 2.24) is 0 Å². The Morgan fingerprint density at radius 2 is 1.83 bits per heavy atom. The number of halogens is 2. The van der Waals surface area contributed by atoms with Crippen molar-refractivity contribution in [2.45, 2.75) is 27.6 Å². The number of unbranched alkanes of at least 4 members (excludes halogenated alkanes) is 1. The summed E-state index contributed by atoms with van der Waals surface area (Å²) in [6.07, 6.45) is 10.8. The van der Waals surface area contributed by atoms with Gasteiger partial charge in [-0.2, -0.15) is 0 Å². The van der Waals surface area contributed by atoms with E-state index in [1.54, 1.807) is 0 Å². The molecule has 0 N–H and O–H groups in total. The van der Waals surface area contributed by atoms with E-state index in [-0.39, 0.29) is 0 Å². The van der Waals surface area contributed by atoms with Crippen LogP contribution in [0.3, 0.4) is 0 Å². The summed E-state index contributed by atoms with van der Waals surface area (Å²) >= 11 is -2.87. The zero-order valence-corrected chi connectivity index (χ0v) is 12.4. The molecule has 0 aromatic heterocycles. The summed E-state index contributed by atoms with van der Waals surface area (Å²) in [5.41, 5.74) is 0. The van der Waals surface area contributed by atoms with Crippen molar-refractivity contribution in [3.63, 3.8) is 0 Å². The molecule has 0 amide bonds. The van der Waals surface area contributed by atoms with Crippen LogP contribution in [0.5, 0.6) is 0 Å². The minimum atomic E-state index is -2.87. The van der Waals surface area contributed by atoms with Crippen LogP contribution in [0.15, 0.2) is 24.3 Å². The third-order valence-corrected chi connectivity index (χ3v) is 17.9. The summed E-state index contributed by atoms with van der Waals surface area (Å²) in [6, 6.07) is 0. The van der Waals surface area contributed by atoms with Gasteiger partial charge in [0.1, 0.15) is 0 Å². The Hall–Kier alpha value is 0.930. The molecule has 0 saturated heterocycles. The molecule has 0 nitrogen and oxygen atoms in total. The van der Waals surface area contributed by atoms with Crippen molar-refractivity contribution in [1.29, 1.82) is 0 Å². The Morgan fingerprint density at radius 1 is 1.25 bits per heavy atom. The molecule has 0 bridgehead atoms. The average Bonchev–Trinajstić information content (AvgIpc) is 2.53. The average molecular weight is 372 g/mol. The summed E-state index contributed by atoms with van der Waals surface area (Å²) in [4.78, 5) is 0. The third-order valence-electron chi connectivity index (χ3n) is 2.10. The zero-order chi connectivity index (χ0) is 9.03. The molecule has 0 atom stereocenters. The van der Waals surface area contributed by atoms with Gasteiger partial charge in [-0.15, -0.1) is 0 Å². The molecule has 0 unspecified atom stereocenters. The second-order valence-corrected chi connectivity index (χ2v) is 25.4. The van der Waals surface area contributed by atoms with Gasteiger partial charge in [-0.05, 0) is 0 Å². The van der Waals surface area contributed by atoms with Gasteiger partial charge in [0.05, 0.1) is 0 Å². The molecular weight excluding hydrogens is 357 g/mol. The molecule has 1 aliphatic rings. The molecule has 0 radical (unpaired) electrons. The maximum atomic E-state index is 6.41. The Labute approximate surface area is 86.1 Å². The molecule has 0 aromatic carbocycles. The van der Waals surface area contributed by atoms with Gasteiger partial charge >= 0.3 is 86.7 Å². The molecule has 0 spiro atoms. The fourth-order valence-corrected chi connectivity index (χ4v) is 12.8. The minimum absolute atomic E-state index is 0.424. The van der Waals surface area contributed by atoms with Crippen LogP contribution in [0.25, 0.3) is 0 Å². The molecule has 0 fully saturated rings. The first kappa shape index (κ1) is 11.0. The molecule has 12 heavy (non-hydrogen) atoms. The van der Waals surface area contributed by atoms with E-state index in [4.69, 9.17) is 17.2 Å². The number of allylic oxidation sites excluding steroid dienone is 4. The van der Waals surface area contributed by atoms with Crippen molar-refractivity contribution in [3.05, 3.63) is 24.3 Å². The van der Waals surface area contributed by atoms with Crippen molar-refractivity contribution in [2.75, 3.05) is 0 Å². The van der Waals surface area contributed by atoms with Gasteiger partial charge in [0, 0.05) is 0 Å². The first-order valence-corrected chi connectivity index (χ1v) is 17.9. The van der Waals surface area contributed by atoms with Gasteiger partial charge in [-0.1, -0.05) is 0 Å². The summed E-state index contributed by atoms with van der Waals surface area (Å²) < 4.78 is 1.51. The topological polar surface area (TPSA) is 0 Å². The standard InChI is InChI=1S/C5H5.C4H9.2ClH.Hf/c1-2-4-5-3-1;1-3-4-2;;;/h1-5H;1,3-4H2,2H3;2*1H;/q;;;;+2/p-2. The van der Waals surface area contributed by atoms with E-state index in [9.17, 15) is 0 Å². The van der Waals surface area contributed by atoms with Crippen LogP contribution < -0.4 is 0 Å². The zero-order valence-electron chi connectivity index (χ0n) is 7.26. The van der Waals surface area contributed by atoms with Gasteiger partial charge in [0.25, 0.3) is 0 Å². The fourth-order valence-electron chi connectivity index (χ4n) is 1.29. The second kappa shape index (κ2) is 4.97. The van der Waals surface area contributed by atoms with E-state index in [1.807, 2.05) is 0 Å². The normalized spacial score (nSPS) is 17.6. The Kier molecular flexibility index (Phi) is 4.56. The van der Waals surface area contributed by atoms with Gasteiger partial charge in [0.2, 0.25) is 0 Å². The SMILES string of the molecule is CCC[CH2][Hf]([Cl])([Cl])[CH]1C=CC=C1. The van der Waals surface area contributed by atoms with Gasteiger partial charge < -0.3 is 0 Å². The van der Waals surface area contributed by atoms with E-state index in [1.165, 1.54) is 12.8 Å². The molecule has 1 aliphatic carbocycles. The molecule has 0 aliphatic heterocycles. The van der Waals surface area contributed by atoms with Crippen LogP contribution in [0.4, 0.5) is 0 Å². The Bertz CT molecular complexity index is 185. The molecule has 0 heterocycles. The van der Waals surface area contributed by atoms with E-state index in [0.29, 0.717) is 3.67 Å². The van der Waals surface area contributed by atoms with E-state index in [0.717, 1.165) is 4.18 Å². The summed E-state index contributed by atoms with van der Waals surface area (Å²) in [5.74, 6) is 0. The van der Waals surface area contributed by atoms with Crippen LogP contribution >= 0.6 is 17.2 Å². The molecule has 0 aromatic rings. The van der Waals surface area contributed by atoms with Crippen LogP contribution in [-0.4, -0.2) is 0 Å². The van der Waals surface area contributed by atoms with E-state index >= 15 is 0 Å². The summed E-state index contributed by atoms with van der Waals surface area (Å²) in [5, 5.41) is 0. The number of hydrogen-bond donors (Lipinski definition) is 0. The number of hydrogen-bond acceptors (Lipinski definition) is 0. The molecular formula is C9H14Cl2Hf. The number of rotatable bonds is 4. The predicted molar refractivity (Wildman–Crippen MR) is 53.5 cm³/mol. The molecule has 68 valence electrons. The first-order chi connectivity index (χ1) is 5.67. The van der Waals surface area contributed by atoms with Crippen molar-refractivity contribution < 1.29 is 17.6 Å². The molecule has 1 rings (SSSR count). The van der Waals surface area contributed by atoms with E-state index in [2.05, 4.69) is 31.2 Å². The summed E-state index contributed by atoms with van der Waals surface area (Å²) in [7, 11) is 12.8. The van der Waals surface area contributed by atoms with Crippen molar-refractivity contribution >= 4 is 17.2 Å². The molecule has 0 saturated carbocycles. The first-order valence-electron chi connectivity index (χ1n) is 4.39. The van der Waals surface area contributed by atoms with Gasteiger partial charge in [-0.25, -0.2) is 0 Å². The Morgan fingerprint density at radius 3 is 2.33 bits per heavy atom. The Balaban J connectivity index is 2.46. The van der Waals surface area contributed by atoms with Crippen molar-refractivity contribution in [3.8, 4) is 0 Å². The molecule has 3 heteroatoms. The van der Waals surface area contributed by atoms with Crippen LogP contribution in [0.2, 0.25) is 7.85 Å². The quantitative estimate of drug-likeness (QED) is 0.635.